The summed E-state index contributed by atoms with van der Waals surface area (Å²) in [5.41, 5.74) is 3.38. The minimum atomic E-state index is -2.90. The lowest BCUT2D eigenvalue weighted by molar-refractivity contribution is -0.0498. The van der Waals surface area contributed by atoms with Crippen LogP contribution < -0.4 is 4.74 Å². The number of tetrazole rings is 1. The quantitative estimate of drug-likeness (QED) is 0.433. The number of hydrogen-bond donors (Lipinski definition) is 0. The number of rotatable bonds is 7. The van der Waals surface area contributed by atoms with Crippen LogP contribution in [0, 0.1) is 13.8 Å². The average molecular weight is 404 g/mol. The number of aromatic nitrogens is 4. The number of carbonyl (C=O) groups is 1. The normalized spacial score (nSPS) is 12.2. The van der Waals surface area contributed by atoms with Gasteiger partial charge in [0.1, 0.15) is 5.75 Å². The Bertz CT molecular complexity index is 976. The lowest BCUT2D eigenvalue weighted by atomic mass is 10.1. The average Bonchev–Trinajstić information content (AvgIpc) is 3.09. The first-order valence-corrected chi connectivity index (χ1v) is 9.35. The maximum atomic E-state index is 12.7. The number of halogens is 2. The molecule has 0 aliphatic rings. The third-order valence-corrected chi connectivity index (χ3v) is 5.07. The van der Waals surface area contributed by atoms with Gasteiger partial charge >= 0.3 is 6.61 Å². The molecule has 0 amide bonds. The van der Waals surface area contributed by atoms with Gasteiger partial charge in [-0.2, -0.15) is 13.5 Å². The molecule has 1 aromatic heterocycles. The molecule has 0 aliphatic carbocycles. The maximum Gasteiger partial charge on any atom is 0.387 e. The Morgan fingerprint density at radius 2 is 1.86 bits per heavy atom. The zero-order valence-corrected chi connectivity index (χ0v) is 16.3. The molecule has 28 heavy (non-hydrogen) atoms. The minimum Gasteiger partial charge on any atom is -0.435 e. The highest BCUT2D eigenvalue weighted by atomic mass is 32.2. The van der Waals surface area contributed by atoms with Gasteiger partial charge in [-0.05, 0) is 67.1 Å². The number of Topliss-reactive ketones (excluding diaryl/α,β-unsaturated/α-hetero) is 1. The van der Waals surface area contributed by atoms with Crippen LogP contribution in [-0.2, 0) is 0 Å². The third kappa shape index (κ3) is 4.53. The number of aryl methyl sites for hydroxylation is 2. The topological polar surface area (TPSA) is 69.9 Å². The number of nitrogens with zero attached hydrogens (tertiary/aromatic N) is 4. The zero-order chi connectivity index (χ0) is 20.3. The van der Waals surface area contributed by atoms with Crippen LogP contribution in [-0.4, -0.2) is 37.9 Å². The summed E-state index contributed by atoms with van der Waals surface area (Å²) in [5, 5.41) is 11.8. The van der Waals surface area contributed by atoms with Crippen molar-refractivity contribution in [2.75, 3.05) is 0 Å². The number of ketones is 1. The molecule has 0 spiro atoms. The molecule has 3 aromatic rings. The molecule has 9 heteroatoms. The number of hydrogen-bond acceptors (Lipinski definition) is 6. The fourth-order valence-electron chi connectivity index (χ4n) is 2.69. The summed E-state index contributed by atoms with van der Waals surface area (Å²) in [6.45, 7) is 2.82. The summed E-state index contributed by atoms with van der Waals surface area (Å²) >= 11 is 1.23. The summed E-state index contributed by atoms with van der Waals surface area (Å²) in [7, 11) is 0. The predicted octanol–water partition coefficient (Wildman–Crippen LogP) is 4.24. The van der Waals surface area contributed by atoms with Gasteiger partial charge in [-0.15, -0.1) is 5.10 Å². The van der Waals surface area contributed by atoms with Crippen molar-refractivity contribution < 1.29 is 18.3 Å². The summed E-state index contributed by atoms with van der Waals surface area (Å²) in [6.07, 6.45) is 0. The molecule has 3 rings (SSSR count). The Morgan fingerprint density at radius 3 is 2.50 bits per heavy atom. The van der Waals surface area contributed by atoms with Gasteiger partial charge in [-0.3, -0.25) is 4.79 Å². The van der Waals surface area contributed by atoms with Crippen LogP contribution >= 0.6 is 11.8 Å². The van der Waals surface area contributed by atoms with Gasteiger partial charge in [0.25, 0.3) is 0 Å². The van der Waals surface area contributed by atoms with Crippen LogP contribution in [0.15, 0.2) is 47.6 Å². The van der Waals surface area contributed by atoms with Crippen molar-refractivity contribution in [3.8, 4) is 11.4 Å². The molecule has 2 aromatic carbocycles. The van der Waals surface area contributed by atoms with E-state index < -0.39 is 11.9 Å². The van der Waals surface area contributed by atoms with Crippen LogP contribution in [0.25, 0.3) is 5.69 Å². The monoisotopic (exact) mass is 404 g/mol. The lowest BCUT2D eigenvalue weighted by Crippen LogP contribution is -2.15. The molecule has 0 aliphatic heterocycles. The number of ether oxygens (including phenoxy) is 1. The van der Waals surface area contributed by atoms with Crippen LogP contribution in [0.2, 0.25) is 0 Å². The van der Waals surface area contributed by atoms with E-state index in [-0.39, 0.29) is 11.5 Å². The van der Waals surface area contributed by atoms with E-state index >= 15 is 0 Å². The van der Waals surface area contributed by atoms with Gasteiger partial charge in [0.05, 0.1) is 10.9 Å². The molecule has 0 radical (unpaired) electrons. The number of carbonyl (C=O) groups excluding carboxylic acids is 1. The van der Waals surface area contributed by atoms with E-state index in [1.807, 2.05) is 32.0 Å². The molecule has 1 atom stereocenters. The molecular formula is C19H18F2N4O2S. The van der Waals surface area contributed by atoms with Crippen molar-refractivity contribution in [2.45, 2.75) is 37.8 Å². The summed E-state index contributed by atoms with van der Waals surface area (Å²) in [4.78, 5) is 12.7. The summed E-state index contributed by atoms with van der Waals surface area (Å²) in [5.74, 6) is -0.158. The Kier molecular flexibility index (Phi) is 6.03. The van der Waals surface area contributed by atoms with Crippen LogP contribution in [0.3, 0.4) is 0 Å². The van der Waals surface area contributed by atoms with Gasteiger partial charge in [-0.1, -0.05) is 29.5 Å². The van der Waals surface area contributed by atoms with E-state index in [1.165, 1.54) is 36.0 Å². The lowest BCUT2D eigenvalue weighted by Gasteiger charge is -2.12. The minimum absolute atomic E-state index is 0.00523. The highest BCUT2D eigenvalue weighted by molar-refractivity contribution is 8.00. The number of alkyl halides is 2. The molecule has 0 saturated carbocycles. The van der Waals surface area contributed by atoms with Crippen LogP contribution in [0.4, 0.5) is 8.78 Å². The van der Waals surface area contributed by atoms with E-state index in [2.05, 4.69) is 20.3 Å². The van der Waals surface area contributed by atoms with Crippen molar-refractivity contribution in [1.29, 1.82) is 0 Å². The van der Waals surface area contributed by atoms with Crippen molar-refractivity contribution >= 4 is 17.5 Å². The Balaban J connectivity index is 1.75. The van der Waals surface area contributed by atoms with E-state index in [1.54, 1.807) is 11.6 Å². The fourth-order valence-corrected chi connectivity index (χ4v) is 3.57. The number of benzene rings is 2. The van der Waals surface area contributed by atoms with Crippen molar-refractivity contribution in [3.63, 3.8) is 0 Å². The van der Waals surface area contributed by atoms with E-state index in [9.17, 15) is 13.6 Å². The number of thioether (sulfide) groups is 1. The molecule has 0 saturated heterocycles. The Labute approximate surface area is 164 Å². The van der Waals surface area contributed by atoms with Crippen molar-refractivity contribution in [2.24, 2.45) is 0 Å². The smallest absolute Gasteiger partial charge is 0.387 e. The van der Waals surface area contributed by atoms with E-state index in [0.717, 1.165) is 16.8 Å². The highest BCUT2D eigenvalue weighted by Gasteiger charge is 2.21. The third-order valence-electron chi connectivity index (χ3n) is 4.04. The van der Waals surface area contributed by atoms with Crippen molar-refractivity contribution in [1.82, 2.24) is 20.2 Å². The largest absolute Gasteiger partial charge is 0.435 e. The first-order chi connectivity index (χ1) is 13.3. The first kappa shape index (κ1) is 19.9. The van der Waals surface area contributed by atoms with Gasteiger partial charge in [0.15, 0.2) is 5.78 Å². The molecule has 0 fully saturated rings. The standard InChI is InChI=1S/C19H18F2N4O2S/c1-11-4-9-16(12(2)10-11)25-19(22-23-24-25)28-13(3)17(26)14-5-7-15(8-6-14)27-18(20)21/h4-10,13,18H,1-3H3/t13-/m1/s1. The predicted molar refractivity (Wildman–Crippen MR) is 101 cm³/mol. The molecule has 0 N–H and O–H groups in total. The fraction of sp³-hybridized carbons (Fsp3) is 0.263. The summed E-state index contributed by atoms with van der Waals surface area (Å²) < 4.78 is 30.4. The molecule has 6 nitrogen and oxygen atoms in total. The molecule has 0 unspecified atom stereocenters. The molecule has 146 valence electrons. The van der Waals surface area contributed by atoms with E-state index in [0.29, 0.717) is 10.7 Å². The summed E-state index contributed by atoms with van der Waals surface area (Å²) in [6, 6.07) is 11.5. The second-order valence-corrected chi connectivity index (χ2v) is 7.50. The molecular weight excluding hydrogens is 386 g/mol. The van der Waals surface area contributed by atoms with E-state index in [4.69, 9.17) is 0 Å². The second kappa shape index (κ2) is 8.47. The van der Waals surface area contributed by atoms with Crippen molar-refractivity contribution in [3.05, 3.63) is 59.2 Å². The second-order valence-electron chi connectivity index (χ2n) is 6.19. The van der Waals surface area contributed by atoms with Gasteiger partial charge in [0, 0.05) is 5.56 Å². The van der Waals surface area contributed by atoms with Gasteiger partial charge < -0.3 is 4.74 Å². The van der Waals surface area contributed by atoms with Gasteiger partial charge in [-0.25, -0.2) is 0 Å². The zero-order valence-electron chi connectivity index (χ0n) is 15.5. The Morgan fingerprint density at radius 1 is 1.14 bits per heavy atom. The highest BCUT2D eigenvalue weighted by Crippen LogP contribution is 2.27. The molecule has 0 bridgehead atoms. The first-order valence-electron chi connectivity index (χ1n) is 8.47. The maximum absolute atomic E-state index is 12.7. The van der Waals surface area contributed by atoms with Gasteiger partial charge in [0.2, 0.25) is 5.16 Å². The molecule has 1 heterocycles. The van der Waals surface area contributed by atoms with Crippen LogP contribution in [0.5, 0.6) is 5.75 Å². The van der Waals surface area contributed by atoms with Crippen LogP contribution in [0.1, 0.15) is 28.4 Å². The Hall–Kier alpha value is -2.81. The SMILES string of the molecule is Cc1ccc(-n2nnnc2S[C@H](C)C(=O)c2ccc(OC(F)F)cc2)c(C)c1.